The number of piperazine rings is 1. The van der Waals surface area contributed by atoms with Gasteiger partial charge in [-0.25, -0.2) is 4.98 Å². The van der Waals surface area contributed by atoms with Gasteiger partial charge in [0.25, 0.3) is 5.91 Å². The lowest BCUT2D eigenvalue weighted by Crippen LogP contribution is -2.46. The van der Waals surface area contributed by atoms with Crippen LogP contribution in [0.1, 0.15) is 29.8 Å². The summed E-state index contributed by atoms with van der Waals surface area (Å²) >= 11 is 0. The third kappa shape index (κ3) is 4.64. The van der Waals surface area contributed by atoms with Crippen LogP contribution in [0.5, 0.6) is 0 Å². The molecule has 1 aliphatic heterocycles. The van der Waals surface area contributed by atoms with Crippen LogP contribution < -0.4 is 4.90 Å². The predicted molar refractivity (Wildman–Crippen MR) is 106 cm³/mol. The number of nitrogens with zero attached hydrogens (tertiary/aromatic N) is 4. The smallest absolute Gasteiger partial charge is 0.255 e. The maximum Gasteiger partial charge on any atom is 0.255 e. The Morgan fingerprint density at radius 2 is 1.81 bits per heavy atom. The van der Waals surface area contributed by atoms with Crippen molar-refractivity contribution in [1.29, 1.82) is 0 Å². The Kier molecular flexibility index (Phi) is 6.06. The van der Waals surface area contributed by atoms with E-state index >= 15 is 0 Å². The molecular weight excluding hydrogens is 340 g/mol. The van der Waals surface area contributed by atoms with E-state index in [2.05, 4.69) is 9.88 Å². The molecule has 1 fully saturated rings. The van der Waals surface area contributed by atoms with Gasteiger partial charge < -0.3 is 14.7 Å². The van der Waals surface area contributed by atoms with Crippen LogP contribution in [0.15, 0.2) is 48.7 Å². The first-order valence-electron chi connectivity index (χ1n) is 9.33. The number of carbonyl (C=O) groups is 2. The summed E-state index contributed by atoms with van der Waals surface area (Å²) in [5, 5.41) is 0. The van der Waals surface area contributed by atoms with Crippen LogP contribution in [-0.2, 0) is 11.3 Å². The van der Waals surface area contributed by atoms with Gasteiger partial charge in [-0.15, -0.1) is 0 Å². The monoisotopic (exact) mass is 366 g/mol. The fourth-order valence-corrected chi connectivity index (χ4v) is 3.19. The molecule has 1 aromatic carbocycles. The molecule has 2 aromatic rings. The summed E-state index contributed by atoms with van der Waals surface area (Å²) in [6.45, 7) is 7.53. The second-order valence-corrected chi connectivity index (χ2v) is 7.05. The van der Waals surface area contributed by atoms with Crippen molar-refractivity contribution in [2.24, 2.45) is 0 Å². The number of hydrogen-bond acceptors (Lipinski definition) is 4. The minimum atomic E-state index is -0.0151. The number of carbonyl (C=O) groups excluding carboxylic acids is 2. The van der Waals surface area contributed by atoms with Crippen LogP contribution in [0.4, 0.5) is 5.82 Å². The quantitative estimate of drug-likeness (QED) is 0.737. The Hall–Kier alpha value is -2.89. The van der Waals surface area contributed by atoms with Crippen molar-refractivity contribution in [3.8, 4) is 0 Å². The third-order valence-electron chi connectivity index (χ3n) is 4.86. The molecule has 0 N–H and O–H groups in total. The molecule has 2 heterocycles. The highest BCUT2D eigenvalue weighted by Gasteiger charge is 2.21. The summed E-state index contributed by atoms with van der Waals surface area (Å²) in [4.78, 5) is 34.1. The topological polar surface area (TPSA) is 56.8 Å². The highest BCUT2D eigenvalue weighted by Crippen LogP contribution is 2.17. The molecule has 6 nitrogen and oxygen atoms in total. The van der Waals surface area contributed by atoms with Crippen molar-refractivity contribution in [3.05, 3.63) is 59.8 Å². The average molecular weight is 366 g/mol. The van der Waals surface area contributed by atoms with E-state index in [0.717, 1.165) is 30.9 Å². The fraction of sp³-hybridized carbons (Fsp3) is 0.381. The standard InChI is InChI=1S/C21H26N4O2/c1-17(2)25(15-18-6-4-3-5-7-18)21(27)19-8-9-20(22-14-19)24-12-10-23(16-26)11-13-24/h3-9,14,16-17H,10-13,15H2,1-2H3. The lowest BCUT2D eigenvalue weighted by Gasteiger charge is -2.33. The summed E-state index contributed by atoms with van der Waals surface area (Å²) in [6, 6.07) is 13.8. The first kappa shape index (κ1) is 18.9. The predicted octanol–water partition coefficient (Wildman–Crippen LogP) is 2.41. The van der Waals surface area contributed by atoms with E-state index in [0.29, 0.717) is 25.2 Å². The minimum absolute atomic E-state index is 0.0151. The van der Waals surface area contributed by atoms with Crippen molar-refractivity contribution < 1.29 is 9.59 Å². The molecule has 1 aromatic heterocycles. The normalized spacial score (nSPS) is 14.3. The molecule has 6 heteroatoms. The molecule has 0 bridgehead atoms. The van der Waals surface area contributed by atoms with E-state index in [9.17, 15) is 9.59 Å². The Bertz CT molecular complexity index is 754. The van der Waals surface area contributed by atoms with Gasteiger partial charge in [0.1, 0.15) is 5.82 Å². The number of pyridine rings is 1. The summed E-state index contributed by atoms with van der Waals surface area (Å²) in [7, 11) is 0. The molecule has 2 amide bonds. The van der Waals surface area contributed by atoms with Gasteiger partial charge >= 0.3 is 0 Å². The number of rotatable bonds is 6. The van der Waals surface area contributed by atoms with Gasteiger partial charge in [0, 0.05) is 45.0 Å². The number of anilines is 1. The highest BCUT2D eigenvalue weighted by atomic mass is 16.2. The lowest BCUT2D eigenvalue weighted by molar-refractivity contribution is -0.118. The third-order valence-corrected chi connectivity index (χ3v) is 4.86. The minimum Gasteiger partial charge on any atom is -0.353 e. The number of benzene rings is 1. The number of amides is 2. The maximum atomic E-state index is 13.0. The first-order valence-corrected chi connectivity index (χ1v) is 9.33. The maximum absolute atomic E-state index is 13.0. The molecule has 0 unspecified atom stereocenters. The summed E-state index contributed by atoms with van der Waals surface area (Å²) < 4.78 is 0. The molecule has 1 aliphatic rings. The summed E-state index contributed by atoms with van der Waals surface area (Å²) in [5.74, 6) is 0.829. The van der Waals surface area contributed by atoms with E-state index in [1.54, 1.807) is 11.1 Å². The van der Waals surface area contributed by atoms with E-state index in [1.807, 2.05) is 61.2 Å². The van der Waals surface area contributed by atoms with Crippen molar-refractivity contribution >= 4 is 18.1 Å². The van der Waals surface area contributed by atoms with Crippen LogP contribution in [0.25, 0.3) is 0 Å². The van der Waals surface area contributed by atoms with Gasteiger partial charge in [0.05, 0.1) is 5.56 Å². The second kappa shape index (κ2) is 8.66. The molecule has 142 valence electrons. The molecular formula is C21H26N4O2. The van der Waals surface area contributed by atoms with Gasteiger partial charge in [-0.1, -0.05) is 30.3 Å². The Morgan fingerprint density at radius 1 is 1.11 bits per heavy atom. The highest BCUT2D eigenvalue weighted by molar-refractivity contribution is 5.94. The molecule has 3 rings (SSSR count). The van der Waals surface area contributed by atoms with Gasteiger partial charge in [-0.2, -0.15) is 0 Å². The van der Waals surface area contributed by atoms with Crippen molar-refractivity contribution in [3.63, 3.8) is 0 Å². The molecule has 1 saturated heterocycles. The molecule has 0 saturated carbocycles. The van der Waals surface area contributed by atoms with E-state index in [4.69, 9.17) is 0 Å². The Labute approximate surface area is 160 Å². The van der Waals surface area contributed by atoms with Crippen molar-refractivity contribution in [2.45, 2.75) is 26.4 Å². The number of hydrogen-bond donors (Lipinski definition) is 0. The summed E-state index contributed by atoms with van der Waals surface area (Å²) in [5.41, 5.74) is 1.70. The number of aromatic nitrogens is 1. The van der Waals surface area contributed by atoms with E-state index < -0.39 is 0 Å². The van der Waals surface area contributed by atoms with Crippen LogP contribution in [0.2, 0.25) is 0 Å². The fourth-order valence-electron chi connectivity index (χ4n) is 3.19. The molecule has 0 radical (unpaired) electrons. The zero-order valence-electron chi connectivity index (χ0n) is 15.9. The van der Waals surface area contributed by atoms with Gasteiger partial charge in [-0.3, -0.25) is 9.59 Å². The Balaban J connectivity index is 1.69. The molecule has 27 heavy (non-hydrogen) atoms. The molecule has 0 atom stereocenters. The first-order chi connectivity index (χ1) is 13.1. The second-order valence-electron chi connectivity index (χ2n) is 7.05. The van der Waals surface area contributed by atoms with Gasteiger partial charge in [0.15, 0.2) is 0 Å². The lowest BCUT2D eigenvalue weighted by atomic mass is 10.1. The SMILES string of the molecule is CC(C)N(Cc1ccccc1)C(=O)c1ccc(N2CCN(C=O)CC2)nc1. The van der Waals surface area contributed by atoms with E-state index in [1.165, 1.54) is 0 Å². The van der Waals surface area contributed by atoms with Crippen LogP contribution in [0.3, 0.4) is 0 Å². The average Bonchev–Trinajstić information content (AvgIpc) is 2.72. The molecule has 0 spiro atoms. The Morgan fingerprint density at radius 3 is 2.37 bits per heavy atom. The largest absolute Gasteiger partial charge is 0.353 e. The van der Waals surface area contributed by atoms with Crippen LogP contribution >= 0.6 is 0 Å². The zero-order valence-corrected chi connectivity index (χ0v) is 15.9. The van der Waals surface area contributed by atoms with Crippen molar-refractivity contribution in [1.82, 2.24) is 14.8 Å². The van der Waals surface area contributed by atoms with Crippen LogP contribution in [0, 0.1) is 0 Å². The summed E-state index contributed by atoms with van der Waals surface area (Å²) in [6.07, 6.45) is 2.55. The van der Waals surface area contributed by atoms with Crippen molar-refractivity contribution in [2.75, 3.05) is 31.1 Å². The van der Waals surface area contributed by atoms with E-state index in [-0.39, 0.29) is 11.9 Å². The van der Waals surface area contributed by atoms with Gasteiger partial charge in [-0.05, 0) is 31.5 Å². The molecule has 0 aliphatic carbocycles. The van der Waals surface area contributed by atoms with Crippen LogP contribution in [-0.4, -0.2) is 59.3 Å². The zero-order chi connectivity index (χ0) is 19.2. The van der Waals surface area contributed by atoms with Gasteiger partial charge in [0.2, 0.25) is 6.41 Å².